The van der Waals surface area contributed by atoms with E-state index in [4.69, 9.17) is 0 Å². The molecule has 0 atom stereocenters. The van der Waals surface area contributed by atoms with Crippen LogP contribution in [0.2, 0.25) is 0 Å². The van der Waals surface area contributed by atoms with E-state index in [1.807, 2.05) is 35.8 Å². The van der Waals surface area contributed by atoms with Crippen LogP contribution < -0.4 is 5.32 Å². The Morgan fingerprint density at radius 3 is 2.61 bits per heavy atom. The Morgan fingerprint density at radius 1 is 1.13 bits per heavy atom. The van der Waals surface area contributed by atoms with Gasteiger partial charge in [-0.1, -0.05) is 49.4 Å². The van der Waals surface area contributed by atoms with E-state index in [9.17, 15) is 18.0 Å². The lowest BCUT2D eigenvalue weighted by atomic mass is 10.1. The molecule has 0 fully saturated rings. The van der Waals surface area contributed by atoms with Crippen molar-refractivity contribution >= 4 is 17.7 Å². The van der Waals surface area contributed by atoms with Crippen molar-refractivity contribution in [2.75, 3.05) is 5.75 Å². The van der Waals surface area contributed by atoms with Gasteiger partial charge in [-0.2, -0.15) is 13.2 Å². The lowest BCUT2D eigenvalue weighted by Crippen LogP contribution is -2.27. The molecule has 0 unspecified atom stereocenters. The Balaban J connectivity index is 1.86. The van der Waals surface area contributed by atoms with Crippen LogP contribution in [0.5, 0.6) is 0 Å². The molecular formula is C22H23F3N4OS. The highest BCUT2D eigenvalue weighted by Crippen LogP contribution is 2.32. The summed E-state index contributed by atoms with van der Waals surface area (Å²) in [5.74, 6) is 0.500. The number of halogens is 3. The van der Waals surface area contributed by atoms with Gasteiger partial charge in [0.05, 0.1) is 17.7 Å². The van der Waals surface area contributed by atoms with Gasteiger partial charge in [-0.3, -0.25) is 9.36 Å². The number of rotatable bonds is 8. The van der Waals surface area contributed by atoms with Gasteiger partial charge >= 0.3 is 6.18 Å². The molecule has 0 radical (unpaired) electrons. The molecule has 1 heterocycles. The monoisotopic (exact) mass is 448 g/mol. The number of unbranched alkanes of at least 4 members (excludes halogenated alkanes) is 1. The van der Waals surface area contributed by atoms with Gasteiger partial charge in [0.25, 0.3) is 5.91 Å². The summed E-state index contributed by atoms with van der Waals surface area (Å²) in [6.45, 7) is 4.01. The van der Waals surface area contributed by atoms with E-state index in [0.29, 0.717) is 11.0 Å². The first kappa shape index (κ1) is 22.9. The summed E-state index contributed by atoms with van der Waals surface area (Å²) >= 11 is 1.56. The molecule has 0 saturated heterocycles. The number of aryl methyl sites for hydroxylation is 1. The van der Waals surface area contributed by atoms with E-state index in [2.05, 4.69) is 22.4 Å². The number of hydrogen-bond donors (Lipinski definition) is 1. The van der Waals surface area contributed by atoms with Crippen molar-refractivity contribution in [2.24, 2.45) is 0 Å². The zero-order chi connectivity index (χ0) is 22.4. The Hall–Kier alpha value is -2.81. The summed E-state index contributed by atoms with van der Waals surface area (Å²) in [6, 6.07) is 12.5. The van der Waals surface area contributed by atoms with Crippen LogP contribution in [0.1, 0.15) is 47.1 Å². The molecule has 1 amide bonds. The van der Waals surface area contributed by atoms with Crippen LogP contribution >= 0.6 is 11.8 Å². The first-order valence-corrected chi connectivity index (χ1v) is 10.9. The molecule has 1 N–H and O–H groups in total. The van der Waals surface area contributed by atoms with Crippen LogP contribution in [-0.2, 0) is 12.7 Å². The summed E-state index contributed by atoms with van der Waals surface area (Å²) in [6.07, 6.45) is -2.54. The number of carbonyl (C=O) groups is 1. The van der Waals surface area contributed by atoms with Crippen molar-refractivity contribution in [1.82, 2.24) is 20.1 Å². The molecule has 9 heteroatoms. The van der Waals surface area contributed by atoms with Gasteiger partial charge in [-0.05, 0) is 43.2 Å². The van der Waals surface area contributed by atoms with Crippen molar-refractivity contribution in [3.8, 4) is 5.69 Å². The number of amides is 1. The van der Waals surface area contributed by atoms with E-state index in [0.717, 1.165) is 42.0 Å². The number of nitrogens with one attached hydrogen (secondary N) is 1. The fourth-order valence-electron chi connectivity index (χ4n) is 3.03. The maximum absolute atomic E-state index is 13.2. The Morgan fingerprint density at radius 2 is 1.90 bits per heavy atom. The standard InChI is InChI=1S/C22H23F3N4OS/c1-3-4-12-31-21-28-27-19(29(21)16-9-7-8-15(2)13-16)14-26-20(30)17-10-5-6-11-18(17)22(23,24)25/h5-11,13H,3-4,12,14H2,1-2H3,(H,26,30). The summed E-state index contributed by atoms with van der Waals surface area (Å²) in [5, 5.41) is 11.7. The van der Waals surface area contributed by atoms with Crippen molar-refractivity contribution in [3.63, 3.8) is 0 Å². The minimum Gasteiger partial charge on any atom is -0.345 e. The first-order chi connectivity index (χ1) is 14.8. The molecule has 0 bridgehead atoms. The zero-order valence-electron chi connectivity index (χ0n) is 17.2. The van der Waals surface area contributed by atoms with E-state index in [-0.39, 0.29) is 6.54 Å². The first-order valence-electron chi connectivity index (χ1n) is 9.89. The quantitative estimate of drug-likeness (QED) is 0.369. The van der Waals surface area contributed by atoms with Gasteiger partial charge in [-0.25, -0.2) is 0 Å². The highest BCUT2D eigenvalue weighted by molar-refractivity contribution is 7.99. The van der Waals surface area contributed by atoms with Gasteiger partial charge in [0.1, 0.15) is 0 Å². The fraction of sp³-hybridized carbons (Fsp3) is 0.318. The van der Waals surface area contributed by atoms with Crippen molar-refractivity contribution in [2.45, 2.75) is 44.6 Å². The van der Waals surface area contributed by atoms with Gasteiger partial charge < -0.3 is 5.32 Å². The number of hydrogen-bond acceptors (Lipinski definition) is 4. The minimum absolute atomic E-state index is 0.0553. The molecule has 0 aliphatic carbocycles. The van der Waals surface area contributed by atoms with Gasteiger partial charge in [0.15, 0.2) is 11.0 Å². The highest BCUT2D eigenvalue weighted by Gasteiger charge is 2.34. The molecule has 5 nitrogen and oxygen atoms in total. The predicted molar refractivity (Wildman–Crippen MR) is 114 cm³/mol. The van der Waals surface area contributed by atoms with E-state index >= 15 is 0 Å². The molecule has 0 aliphatic heterocycles. The van der Waals surface area contributed by atoms with Gasteiger partial charge in [-0.15, -0.1) is 10.2 Å². The molecule has 0 spiro atoms. The Bertz CT molecular complexity index is 1050. The van der Waals surface area contributed by atoms with Crippen molar-refractivity contribution in [3.05, 3.63) is 71.0 Å². The Labute approximate surface area is 183 Å². The molecule has 164 valence electrons. The second-order valence-electron chi connectivity index (χ2n) is 7.00. The van der Waals surface area contributed by atoms with Crippen molar-refractivity contribution < 1.29 is 18.0 Å². The summed E-state index contributed by atoms with van der Waals surface area (Å²) in [4.78, 5) is 12.5. The number of nitrogens with zero attached hydrogens (tertiary/aromatic N) is 3. The third kappa shape index (κ3) is 5.66. The molecule has 2 aromatic carbocycles. The molecule has 0 aliphatic rings. The maximum Gasteiger partial charge on any atom is 0.417 e. The highest BCUT2D eigenvalue weighted by atomic mass is 32.2. The number of carbonyl (C=O) groups excluding carboxylic acids is 1. The fourth-order valence-corrected chi connectivity index (χ4v) is 4.08. The van der Waals surface area contributed by atoms with Crippen LogP contribution in [0.15, 0.2) is 53.7 Å². The molecule has 3 aromatic rings. The van der Waals surface area contributed by atoms with Crippen LogP contribution in [0.4, 0.5) is 13.2 Å². The number of aromatic nitrogens is 3. The van der Waals surface area contributed by atoms with Crippen molar-refractivity contribution in [1.29, 1.82) is 0 Å². The number of benzene rings is 2. The lowest BCUT2D eigenvalue weighted by molar-refractivity contribution is -0.137. The maximum atomic E-state index is 13.2. The number of thioether (sulfide) groups is 1. The third-order valence-electron chi connectivity index (χ3n) is 4.57. The SMILES string of the molecule is CCCCSc1nnc(CNC(=O)c2ccccc2C(F)(F)F)n1-c1cccc(C)c1. The zero-order valence-corrected chi connectivity index (χ0v) is 18.1. The Kier molecular flexibility index (Phi) is 7.37. The lowest BCUT2D eigenvalue weighted by Gasteiger charge is -2.14. The average Bonchev–Trinajstić information content (AvgIpc) is 3.14. The van der Waals surface area contributed by atoms with E-state index in [1.165, 1.54) is 12.1 Å². The summed E-state index contributed by atoms with van der Waals surface area (Å²) < 4.78 is 41.5. The largest absolute Gasteiger partial charge is 0.417 e. The van der Waals surface area contributed by atoms with E-state index in [1.54, 1.807) is 11.8 Å². The van der Waals surface area contributed by atoms with Gasteiger partial charge in [0, 0.05) is 11.4 Å². The normalized spacial score (nSPS) is 11.5. The molecule has 3 rings (SSSR count). The van der Waals surface area contributed by atoms with E-state index < -0.39 is 23.2 Å². The molecule has 0 saturated carbocycles. The molecule has 1 aromatic heterocycles. The topological polar surface area (TPSA) is 59.8 Å². The smallest absolute Gasteiger partial charge is 0.345 e. The van der Waals surface area contributed by atoms with Gasteiger partial charge in [0.2, 0.25) is 0 Å². The van der Waals surface area contributed by atoms with Crippen LogP contribution in [-0.4, -0.2) is 26.4 Å². The summed E-state index contributed by atoms with van der Waals surface area (Å²) in [7, 11) is 0. The average molecular weight is 449 g/mol. The molecule has 31 heavy (non-hydrogen) atoms. The van der Waals surface area contributed by atoms with Crippen LogP contribution in [0, 0.1) is 6.92 Å². The summed E-state index contributed by atoms with van der Waals surface area (Å²) in [5.41, 5.74) is 0.492. The second-order valence-corrected chi connectivity index (χ2v) is 8.06. The number of alkyl halides is 3. The van der Waals surface area contributed by atoms with Crippen LogP contribution in [0.25, 0.3) is 5.69 Å². The minimum atomic E-state index is -4.61. The molecular weight excluding hydrogens is 425 g/mol. The predicted octanol–water partition coefficient (Wildman–Crippen LogP) is 5.42. The second kappa shape index (κ2) is 10.00. The third-order valence-corrected chi connectivity index (χ3v) is 5.59. The van der Waals surface area contributed by atoms with Crippen LogP contribution in [0.3, 0.4) is 0 Å².